The lowest BCUT2D eigenvalue weighted by Gasteiger charge is -2.46. The summed E-state index contributed by atoms with van der Waals surface area (Å²) in [5.74, 6) is -0.432. The summed E-state index contributed by atoms with van der Waals surface area (Å²) >= 11 is 0. The van der Waals surface area contributed by atoms with Crippen LogP contribution >= 0.6 is 0 Å². The van der Waals surface area contributed by atoms with Crippen LogP contribution in [0.1, 0.15) is 26.2 Å². The molecule has 4 nitrogen and oxygen atoms in total. The Balaban J connectivity index is 1.54. The molecule has 3 atom stereocenters. The Bertz CT molecular complexity index is 315. The largest absolute Gasteiger partial charge is 0.481 e. The summed E-state index contributed by atoms with van der Waals surface area (Å²) in [5.41, 5.74) is 0. The summed E-state index contributed by atoms with van der Waals surface area (Å²) in [7, 11) is 0. The highest BCUT2D eigenvalue weighted by molar-refractivity contribution is 5.70. The number of likely N-dealkylation sites (tertiary alicyclic amines) is 1. The zero-order valence-electron chi connectivity index (χ0n) is 10.5. The number of hydrogen-bond donors (Lipinski definition) is 1. The van der Waals surface area contributed by atoms with Crippen molar-refractivity contribution in [2.45, 2.75) is 38.3 Å². The molecule has 3 fully saturated rings. The molecular formula is C13H22N2O2. The molecule has 17 heavy (non-hydrogen) atoms. The standard InChI is InChI=1S/C13H22N2O2/c1-9(13(16)17)10-7-15(8-10)12-4-6-14-5-2-3-11(12)14/h9-12H,2-8H2,1H3,(H,16,17). The van der Waals surface area contributed by atoms with E-state index < -0.39 is 5.97 Å². The number of rotatable bonds is 3. The molecule has 3 heterocycles. The summed E-state index contributed by atoms with van der Waals surface area (Å²) in [4.78, 5) is 16.1. The fraction of sp³-hybridized carbons (Fsp3) is 0.923. The van der Waals surface area contributed by atoms with E-state index in [0.29, 0.717) is 5.92 Å². The van der Waals surface area contributed by atoms with Gasteiger partial charge in [-0.25, -0.2) is 0 Å². The molecule has 0 saturated carbocycles. The van der Waals surface area contributed by atoms with Crippen molar-refractivity contribution in [3.8, 4) is 0 Å². The average Bonchev–Trinajstić information content (AvgIpc) is 2.79. The summed E-state index contributed by atoms with van der Waals surface area (Å²) in [6.45, 7) is 6.39. The molecule has 96 valence electrons. The molecule has 1 N–H and O–H groups in total. The van der Waals surface area contributed by atoms with Gasteiger partial charge in [0.25, 0.3) is 0 Å². The Hall–Kier alpha value is -0.610. The quantitative estimate of drug-likeness (QED) is 0.792. The minimum absolute atomic E-state index is 0.174. The number of carboxylic acid groups (broad SMARTS) is 1. The predicted molar refractivity (Wildman–Crippen MR) is 64.9 cm³/mol. The minimum Gasteiger partial charge on any atom is -0.481 e. The van der Waals surface area contributed by atoms with Gasteiger partial charge in [-0.15, -0.1) is 0 Å². The molecule has 3 saturated heterocycles. The molecule has 0 amide bonds. The van der Waals surface area contributed by atoms with Gasteiger partial charge >= 0.3 is 5.97 Å². The molecule has 0 aliphatic carbocycles. The van der Waals surface area contributed by atoms with Gasteiger partial charge in [-0.05, 0) is 31.7 Å². The van der Waals surface area contributed by atoms with Crippen molar-refractivity contribution in [1.82, 2.24) is 9.80 Å². The molecule has 0 radical (unpaired) electrons. The van der Waals surface area contributed by atoms with Gasteiger partial charge in [0.1, 0.15) is 0 Å². The first-order valence-electron chi connectivity index (χ1n) is 6.87. The minimum atomic E-state index is -0.636. The molecule has 3 rings (SSSR count). The van der Waals surface area contributed by atoms with Crippen molar-refractivity contribution < 1.29 is 9.90 Å². The Morgan fingerprint density at radius 3 is 2.59 bits per heavy atom. The number of fused-ring (bicyclic) bond motifs is 1. The maximum absolute atomic E-state index is 10.9. The molecule has 0 aromatic heterocycles. The molecule has 3 aliphatic heterocycles. The van der Waals surface area contributed by atoms with Gasteiger partial charge in [0.05, 0.1) is 5.92 Å². The van der Waals surface area contributed by atoms with Crippen molar-refractivity contribution >= 4 is 5.97 Å². The first-order valence-corrected chi connectivity index (χ1v) is 6.87. The second kappa shape index (κ2) is 4.25. The van der Waals surface area contributed by atoms with Crippen molar-refractivity contribution in [2.75, 3.05) is 26.2 Å². The van der Waals surface area contributed by atoms with Gasteiger partial charge in [-0.2, -0.15) is 0 Å². The normalized spacial score (nSPS) is 36.8. The van der Waals surface area contributed by atoms with Crippen LogP contribution in [0.2, 0.25) is 0 Å². The lowest BCUT2D eigenvalue weighted by molar-refractivity contribution is -0.146. The number of aliphatic carboxylic acids is 1. The highest BCUT2D eigenvalue weighted by Gasteiger charge is 2.45. The molecule has 4 heteroatoms. The summed E-state index contributed by atoms with van der Waals surface area (Å²) in [6.07, 6.45) is 3.99. The van der Waals surface area contributed by atoms with Gasteiger partial charge in [0, 0.05) is 31.7 Å². The molecule has 3 unspecified atom stereocenters. The predicted octanol–water partition coefficient (Wildman–Crippen LogP) is 0.876. The van der Waals surface area contributed by atoms with Gasteiger partial charge in [0.2, 0.25) is 0 Å². The van der Waals surface area contributed by atoms with E-state index in [9.17, 15) is 4.79 Å². The monoisotopic (exact) mass is 238 g/mol. The van der Waals surface area contributed by atoms with E-state index in [1.165, 1.54) is 32.4 Å². The molecular weight excluding hydrogens is 216 g/mol. The van der Waals surface area contributed by atoms with Gasteiger partial charge in [0.15, 0.2) is 0 Å². The summed E-state index contributed by atoms with van der Waals surface area (Å²) in [5, 5.41) is 8.99. The van der Waals surface area contributed by atoms with Crippen molar-refractivity contribution in [2.24, 2.45) is 11.8 Å². The lowest BCUT2D eigenvalue weighted by Crippen LogP contribution is -2.57. The zero-order chi connectivity index (χ0) is 12.0. The van der Waals surface area contributed by atoms with Crippen LogP contribution in [0, 0.1) is 11.8 Å². The number of carbonyl (C=O) groups is 1. The fourth-order valence-electron chi connectivity index (χ4n) is 3.82. The highest BCUT2D eigenvalue weighted by Crippen LogP contribution is 2.36. The summed E-state index contributed by atoms with van der Waals surface area (Å²) in [6, 6.07) is 1.49. The van der Waals surface area contributed by atoms with E-state index in [4.69, 9.17) is 5.11 Å². The van der Waals surface area contributed by atoms with Crippen molar-refractivity contribution in [1.29, 1.82) is 0 Å². The first kappa shape index (κ1) is 11.5. The van der Waals surface area contributed by atoms with E-state index in [1.807, 2.05) is 6.92 Å². The third-order valence-electron chi connectivity index (χ3n) is 5.07. The maximum Gasteiger partial charge on any atom is 0.306 e. The van der Waals surface area contributed by atoms with E-state index in [-0.39, 0.29) is 5.92 Å². The molecule has 0 spiro atoms. The molecule has 0 aromatic rings. The van der Waals surface area contributed by atoms with E-state index in [0.717, 1.165) is 25.2 Å². The maximum atomic E-state index is 10.9. The van der Waals surface area contributed by atoms with Crippen LogP contribution < -0.4 is 0 Å². The number of carboxylic acids is 1. The second-order valence-electron chi connectivity index (χ2n) is 5.94. The van der Waals surface area contributed by atoms with Gasteiger partial charge in [-0.3, -0.25) is 14.6 Å². The fourth-order valence-corrected chi connectivity index (χ4v) is 3.82. The summed E-state index contributed by atoms with van der Waals surface area (Å²) < 4.78 is 0. The molecule has 0 aromatic carbocycles. The lowest BCUT2D eigenvalue weighted by atomic mass is 9.85. The Kier molecular flexibility index (Phi) is 2.87. The van der Waals surface area contributed by atoms with Crippen molar-refractivity contribution in [3.05, 3.63) is 0 Å². The molecule has 0 bridgehead atoms. The van der Waals surface area contributed by atoms with Crippen LogP contribution in [0.15, 0.2) is 0 Å². The van der Waals surface area contributed by atoms with Crippen LogP contribution in [0.3, 0.4) is 0 Å². The van der Waals surface area contributed by atoms with Crippen LogP contribution in [0.25, 0.3) is 0 Å². The van der Waals surface area contributed by atoms with E-state index in [1.54, 1.807) is 0 Å². The Morgan fingerprint density at radius 1 is 1.18 bits per heavy atom. The van der Waals surface area contributed by atoms with Crippen LogP contribution in [0.4, 0.5) is 0 Å². The second-order valence-corrected chi connectivity index (χ2v) is 5.94. The third-order valence-corrected chi connectivity index (χ3v) is 5.07. The first-order chi connectivity index (χ1) is 8.16. The smallest absolute Gasteiger partial charge is 0.306 e. The Morgan fingerprint density at radius 2 is 1.88 bits per heavy atom. The number of hydrogen-bond acceptors (Lipinski definition) is 3. The van der Waals surface area contributed by atoms with Crippen LogP contribution in [-0.4, -0.2) is 59.1 Å². The Labute approximate surface area is 103 Å². The topological polar surface area (TPSA) is 43.8 Å². The van der Waals surface area contributed by atoms with Crippen molar-refractivity contribution in [3.63, 3.8) is 0 Å². The van der Waals surface area contributed by atoms with E-state index in [2.05, 4.69) is 9.80 Å². The zero-order valence-corrected chi connectivity index (χ0v) is 10.5. The van der Waals surface area contributed by atoms with E-state index >= 15 is 0 Å². The van der Waals surface area contributed by atoms with Crippen LogP contribution in [0.5, 0.6) is 0 Å². The SMILES string of the molecule is CC(C(=O)O)C1CN(C2CCN3CCCC23)C1. The highest BCUT2D eigenvalue weighted by atomic mass is 16.4. The van der Waals surface area contributed by atoms with Gasteiger partial charge < -0.3 is 5.11 Å². The molecule has 3 aliphatic rings. The van der Waals surface area contributed by atoms with Gasteiger partial charge in [-0.1, -0.05) is 6.92 Å². The average molecular weight is 238 g/mol. The van der Waals surface area contributed by atoms with Crippen LogP contribution in [-0.2, 0) is 4.79 Å². The third kappa shape index (κ3) is 1.87. The number of nitrogens with zero attached hydrogens (tertiary/aromatic N) is 2.